The third-order valence-electron chi connectivity index (χ3n) is 3.65. The summed E-state index contributed by atoms with van der Waals surface area (Å²) in [4.78, 5) is 16.4. The first-order valence-electron chi connectivity index (χ1n) is 7.67. The van der Waals surface area contributed by atoms with Crippen LogP contribution in [0.25, 0.3) is 11.3 Å². The van der Waals surface area contributed by atoms with E-state index in [1.807, 2.05) is 30.3 Å². The van der Waals surface area contributed by atoms with E-state index in [1.54, 1.807) is 13.2 Å². The van der Waals surface area contributed by atoms with Crippen molar-refractivity contribution in [2.45, 2.75) is 23.9 Å². The van der Waals surface area contributed by atoms with Gasteiger partial charge in [-0.25, -0.2) is 4.98 Å². The van der Waals surface area contributed by atoms with Crippen LogP contribution in [0.2, 0.25) is 0 Å². The summed E-state index contributed by atoms with van der Waals surface area (Å²) in [5, 5.41) is 12.8. The van der Waals surface area contributed by atoms with Crippen LogP contribution in [0.1, 0.15) is 18.4 Å². The van der Waals surface area contributed by atoms with Gasteiger partial charge >= 0.3 is 0 Å². The molecule has 0 atom stereocenters. The van der Waals surface area contributed by atoms with Crippen LogP contribution >= 0.6 is 11.8 Å². The van der Waals surface area contributed by atoms with Crippen molar-refractivity contribution in [3.8, 4) is 23.1 Å². The van der Waals surface area contributed by atoms with Crippen LogP contribution in [0.5, 0.6) is 5.75 Å². The van der Waals surface area contributed by atoms with Gasteiger partial charge in [0.25, 0.3) is 0 Å². The Hall–Kier alpha value is -2.52. The van der Waals surface area contributed by atoms with Crippen LogP contribution in [0.4, 0.5) is 0 Å². The van der Waals surface area contributed by atoms with Gasteiger partial charge in [-0.15, -0.1) is 0 Å². The summed E-state index contributed by atoms with van der Waals surface area (Å²) < 4.78 is 5.15. The van der Waals surface area contributed by atoms with Crippen molar-refractivity contribution in [1.29, 1.82) is 5.26 Å². The first kappa shape index (κ1) is 16.3. The van der Waals surface area contributed by atoms with E-state index in [0.717, 1.165) is 29.8 Å². The van der Waals surface area contributed by atoms with Gasteiger partial charge in [-0.3, -0.25) is 4.79 Å². The zero-order valence-corrected chi connectivity index (χ0v) is 14.1. The lowest BCUT2D eigenvalue weighted by Gasteiger charge is -2.08. The van der Waals surface area contributed by atoms with Crippen molar-refractivity contribution in [2.75, 3.05) is 12.9 Å². The standard InChI is InChI=1S/C18H17N3O2S/c1-23-15-7-2-12(3-8-15)16-9-4-13(10-19)18(21-16)24-11-17(22)20-14-5-6-14/h2-4,7-9,14H,5-6,11H2,1H3,(H,20,22). The number of hydrogen-bond donors (Lipinski definition) is 1. The molecule has 0 spiro atoms. The molecule has 1 aromatic heterocycles. The Morgan fingerprint density at radius 3 is 2.71 bits per heavy atom. The van der Waals surface area contributed by atoms with Crippen molar-refractivity contribution in [3.63, 3.8) is 0 Å². The third kappa shape index (κ3) is 4.06. The topological polar surface area (TPSA) is 75.0 Å². The number of amides is 1. The minimum atomic E-state index is -0.0111. The Bertz CT molecular complexity index is 780. The van der Waals surface area contributed by atoms with E-state index in [9.17, 15) is 10.1 Å². The SMILES string of the molecule is COc1ccc(-c2ccc(C#N)c(SCC(=O)NC3CC3)n2)cc1. The minimum Gasteiger partial charge on any atom is -0.497 e. The maximum absolute atomic E-state index is 11.8. The van der Waals surface area contributed by atoms with Gasteiger partial charge < -0.3 is 10.1 Å². The Morgan fingerprint density at radius 1 is 1.33 bits per heavy atom. The molecule has 0 radical (unpaired) electrons. The van der Waals surface area contributed by atoms with Crippen molar-refractivity contribution >= 4 is 17.7 Å². The highest BCUT2D eigenvalue weighted by Crippen LogP contribution is 2.27. The molecule has 1 N–H and O–H groups in total. The van der Waals surface area contributed by atoms with Gasteiger partial charge in [-0.1, -0.05) is 11.8 Å². The van der Waals surface area contributed by atoms with Gasteiger partial charge in [0.1, 0.15) is 16.8 Å². The summed E-state index contributed by atoms with van der Waals surface area (Å²) in [6.07, 6.45) is 2.12. The molecule has 1 heterocycles. The predicted octanol–water partition coefficient (Wildman–Crippen LogP) is 3.00. The first-order chi connectivity index (χ1) is 11.7. The smallest absolute Gasteiger partial charge is 0.230 e. The summed E-state index contributed by atoms with van der Waals surface area (Å²) in [5.74, 6) is 1.03. The molecule has 0 bridgehead atoms. The maximum Gasteiger partial charge on any atom is 0.230 e. The molecule has 0 unspecified atom stereocenters. The van der Waals surface area contributed by atoms with Crippen molar-refractivity contribution < 1.29 is 9.53 Å². The van der Waals surface area contributed by atoms with Crippen LogP contribution in [-0.4, -0.2) is 29.8 Å². The average Bonchev–Trinajstić information content (AvgIpc) is 3.43. The second kappa shape index (κ2) is 7.37. The molecule has 0 saturated heterocycles. The summed E-state index contributed by atoms with van der Waals surface area (Å²) >= 11 is 1.30. The fraction of sp³-hybridized carbons (Fsp3) is 0.278. The van der Waals surface area contributed by atoms with Gasteiger partial charge in [-0.05, 0) is 49.2 Å². The summed E-state index contributed by atoms with van der Waals surface area (Å²) in [5.41, 5.74) is 2.18. The molecule has 1 aromatic carbocycles. The second-order valence-electron chi connectivity index (χ2n) is 5.52. The number of hydrogen-bond acceptors (Lipinski definition) is 5. The van der Waals surface area contributed by atoms with Gasteiger partial charge in [0, 0.05) is 11.6 Å². The Morgan fingerprint density at radius 2 is 2.08 bits per heavy atom. The lowest BCUT2D eigenvalue weighted by Crippen LogP contribution is -2.27. The highest BCUT2D eigenvalue weighted by atomic mass is 32.2. The highest BCUT2D eigenvalue weighted by Gasteiger charge is 2.23. The second-order valence-corrected chi connectivity index (χ2v) is 6.48. The number of ether oxygens (including phenoxy) is 1. The highest BCUT2D eigenvalue weighted by molar-refractivity contribution is 8.00. The zero-order valence-electron chi connectivity index (χ0n) is 13.3. The normalized spacial score (nSPS) is 13.2. The van der Waals surface area contributed by atoms with E-state index in [2.05, 4.69) is 16.4 Å². The third-order valence-corrected chi connectivity index (χ3v) is 4.64. The quantitative estimate of drug-likeness (QED) is 0.819. The number of methoxy groups -OCH3 is 1. The molecule has 0 aliphatic heterocycles. The lowest BCUT2D eigenvalue weighted by molar-refractivity contribution is -0.118. The summed E-state index contributed by atoms with van der Waals surface area (Å²) in [6.45, 7) is 0. The largest absolute Gasteiger partial charge is 0.497 e. The van der Waals surface area contributed by atoms with Gasteiger partial charge in [0.2, 0.25) is 5.91 Å². The van der Waals surface area contributed by atoms with E-state index in [-0.39, 0.29) is 11.7 Å². The molecule has 1 saturated carbocycles. The molecular weight excluding hydrogens is 322 g/mol. The van der Waals surface area contributed by atoms with Crippen molar-refractivity contribution in [1.82, 2.24) is 10.3 Å². The lowest BCUT2D eigenvalue weighted by atomic mass is 10.1. The molecule has 1 fully saturated rings. The van der Waals surface area contributed by atoms with Gasteiger partial charge in [0.05, 0.1) is 24.1 Å². The van der Waals surface area contributed by atoms with E-state index < -0.39 is 0 Å². The summed E-state index contributed by atoms with van der Waals surface area (Å²) in [6, 6.07) is 13.6. The number of thioether (sulfide) groups is 1. The van der Waals surface area contributed by atoms with Gasteiger partial charge in [-0.2, -0.15) is 5.26 Å². The van der Waals surface area contributed by atoms with Crippen LogP contribution in [-0.2, 0) is 4.79 Å². The number of rotatable bonds is 6. The van der Waals surface area contributed by atoms with E-state index in [4.69, 9.17) is 4.74 Å². The monoisotopic (exact) mass is 339 g/mol. The number of nitriles is 1. The molecule has 5 nitrogen and oxygen atoms in total. The van der Waals surface area contributed by atoms with Gasteiger partial charge in [0.15, 0.2) is 0 Å². The molecule has 122 valence electrons. The summed E-state index contributed by atoms with van der Waals surface area (Å²) in [7, 11) is 1.62. The predicted molar refractivity (Wildman–Crippen MR) is 92.8 cm³/mol. The van der Waals surface area contributed by atoms with E-state index in [1.165, 1.54) is 11.8 Å². The molecular formula is C18H17N3O2S. The van der Waals surface area contributed by atoms with E-state index >= 15 is 0 Å². The Kier molecular flexibility index (Phi) is 5.02. The molecule has 1 amide bonds. The number of pyridine rings is 1. The number of benzene rings is 1. The minimum absolute atomic E-state index is 0.0111. The zero-order chi connectivity index (χ0) is 16.9. The number of carbonyl (C=O) groups is 1. The molecule has 24 heavy (non-hydrogen) atoms. The van der Waals surface area contributed by atoms with Crippen LogP contribution < -0.4 is 10.1 Å². The van der Waals surface area contributed by atoms with Crippen molar-refractivity contribution in [2.24, 2.45) is 0 Å². The Labute approximate surface area is 145 Å². The number of nitrogens with one attached hydrogen (secondary N) is 1. The molecule has 1 aliphatic carbocycles. The van der Waals surface area contributed by atoms with Crippen LogP contribution in [0, 0.1) is 11.3 Å². The number of aromatic nitrogens is 1. The van der Waals surface area contributed by atoms with Crippen molar-refractivity contribution in [3.05, 3.63) is 42.0 Å². The number of nitrogens with zero attached hydrogens (tertiary/aromatic N) is 2. The maximum atomic E-state index is 11.8. The Balaban J connectivity index is 1.76. The van der Waals surface area contributed by atoms with Crippen LogP contribution in [0.3, 0.4) is 0 Å². The first-order valence-corrected chi connectivity index (χ1v) is 8.66. The molecule has 1 aliphatic rings. The molecule has 2 aromatic rings. The van der Waals surface area contributed by atoms with Crippen LogP contribution in [0.15, 0.2) is 41.4 Å². The molecule has 3 rings (SSSR count). The molecule has 6 heteroatoms. The fourth-order valence-corrected chi connectivity index (χ4v) is 2.97. The van der Waals surface area contributed by atoms with E-state index in [0.29, 0.717) is 16.6 Å². The average molecular weight is 339 g/mol. The fourth-order valence-electron chi connectivity index (χ4n) is 2.19. The number of carbonyl (C=O) groups excluding carboxylic acids is 1.